The van der Waals surface area contributed by atoms with Crippen LogP contribution in [0.1, 0.15) is 37.7 Å². The van der Waals surface area contributed by atoms with E-state index in [-0.39, 0.29) is 42.2 Å². The summed E-state index contributed by atoms with van der Waals surface area (Å²) in [5.74, 6) is -1.44. The number of nitrogens with one attached hydrogen (secondary N) is 2. The molecule has 22 heavy (non-hydrogen) atoms. The molecule has 0 aromatic heterocycles. The summed E-state index contributed by atoms with van der Waals surface area (Å²) in [6.45, 7) is 3.05. The van der Waals surface area contributed by atoms with Crippen molar-refractivity contribution in [3.8, 4) is 0 Å². The molecule has 4 atom stereocenters. The van der Waals surface area contributed by atoms with Crippen LogP contribution in [0.5, 0.6) is 0 Å². The molecule has 6 heteroatoms. The van der Waals surface area contributed by atoms with Crippen molar-refractivity contribution in [2.45, 2.75) is 44.2 Å². The molecule has 1 aliphatic carbocycles. The van der Waals surface area contributed by atoms with Crippen LogP contribution in [-0.4, -0.2) is 24.5 Å². The third-order valence-electron chi connectivity index (χ3n) is 4.58. The lowest BCUT2D eigenvalue weighted by molar-refractivity contribution is -0.123. The van der Waals surface area contributed by atoms with Gasteiger partial charge >= 0.3 is 0 Å². The van der Waals surface area contributed by atoms with E-state index in [1.165, 1.54) is 12.1 Å². The summed E-state index contributed by atoms with van der Waals surface area (Å²) in [4.78, 5) is 12.2. The highest BCUT2D eigenvalue weighted by Gasteiger charge is 2.45. The highest BCUT2D eigenvalue weighted by Crippen LogP contribution is 2.48. The molecule has 3 rings (SSSR count). The van der Waals surface area contributed by atoms with Gasteiger partial charge in [0.15, 0.2) is 0 Å². The van der Waals surface area contributed by atoms with Crippen LogP contribution in [0.15, 0.2) is 18.2 Å². The summed E-state index contributed by atoms with van der Waals surface area (Å²) in [6, 6.07) is 4.00. The fourth-order valence-electron chi connectivity index (χ4n) is 3.16. The molecule has 2 N–H and O–H groups in total. The number of benzene rings is 1. The van der Waals surface area contributed by atoms with Gasteiger partial charge in [-0.1, -0.05) is 6.07 Å². The van der Waals surface area contributed by atoms with Crippen molar-refractivity contribution in [3.63, 3.8) is 0 Å². The summed E-state index contributed by atoms with van der Waals surface area (Å²) in [6.07, 6.45) is 2.67. The predicted molar refractivity (Wildman–Crippen MR) is 83.1 cm³/mol. The van der Waals surface area contributed by atoms with Crippen LogP contribution >= 0.6 is 12.4 Å². The van der Waals surface area contributed by atoms with Crippen LogP contribution in [-0.2, 0) is 4.79 Å². The standard InChI is InChI=1S/C16H20F2N2O.ClH/c1-9-15(3-2-6-19-9)20-16(21)13-8-12(13)11-5-4-10(17)7-14(11)18;/h4-5,7,9,12-13,15,19H,2-3,6,8H2,1H3,(H,20,21);1H. The monoisotopic (exact) mass is 330 g/mol. The van der Waals surface area contributed by atoms with E-state index in [0.29, 0.717) is 12.0 Å². The molecule has 0 bridgehead atoms. The Bertz CT molecular complexity index is 555. The van der Waals surface area contributed by atoms with Crippen molar-refractivity contribution in [2.75, 3.05) is 6.54 Å². The van der Waals surface area contributed by atoms with Gasteiger partial charge in [0.2, 0.25) is 5.91 Å². The van der Waals surface area contributed by atoms with Gasteiger partial charge in [0.25, 0.3) is 0 Å². The average molecular weight is 331 g/mol. The van der Waals surface area contributed by atoms with Gasteiger partial charge in [0, 0.05) is 24.1 Å². The van der Waals surface area contributed by atoms with E-state index >= 15 is 0 Å². The van der Waals surface area contributed by atoms with Gasteiger partial charge in [-0.2, -0.15) is 0 Å². The lowest BCUT2D eigenvalue weighted by atomic mass is 9.99. The number of carbonyl (C=O) groups excluding carboxylic acids is 1. The number of carbonyl (C=O) groups is 1. The van der Waals surface area contributed by atoms with Crippen molar-refractivity contribution < 1.29 is 13.6 Å². The van der Waals surface area contributed by atoms with E-state index < -0.39 is 11.6 Å². The Morgan fingerprint density at radius 2 is 2.14 bits per heavy atom. The second-order valence-electron chi connectivity index (χ2n) is 6.11. The van der Waals surface area contributed by atoms with Crippen LogP contribution in [0.4, 0.5) is 8.78 Å². The first-order valence-corrected chi connectivity index (χ1v) is 7.55. The summed E-state index contributed by atoms with van der Waals surface area (Å²) in [5.41, 5.74) is 0.450. The van der Waals surface area contributed by atoms with Gasteiger partial charge in [-0.15, -0.1) is 12.4 Å². The number of amides is 1. The van der Waals surface area contributed by atoms with Crippen molar-refractivity contribution >= 4 is 18.3 Å². The second kappa shape index (κ2) is 6.92. The molecule has 0 spiro atoms. The van der Waals surface area contributed by atoms with Crippen molar-refractivity contribution in [1.29, 1.82) is 0 Å². The second-order valence-corrected chi connectivity index (χ2v) is 6.11. The number of halogens is 3. The highest BCUT2D eigenvalue weighted by atomic mass is 35.5. The number of piperidine rings is 1. The molecule has 1 amide bonds. The summed E-state index contributed by atoms with van der Waals surface area (Å²) >= 11 is 0. The minimum Gasteiger partial charge on any atom is -0.352 e. The molecule has 1 aromatic rings. The SMILES string of the molecule is CC1NCCCC1NC(=O)C1CC1c1ccc(F)cc1F.Cl. The van der Waals surface area contributed by atoms with Crippen LogP contribution in [0.3, 0.4) is 0 Å². The Hall–Kier alpha value is -1.20. The fraction of sp³-hybridized carbons (Fsp3) is 0.562. The fourth-order valence-corrected chi connectivity index (χ4v) is 3.16. The van der Waals surface area contributed by atoms with Gasteiger partial charge in [0.1, 0.15) is 11.6 Å². The quantitative estimate of drug-likeness (QED) is 0.894. The molecule has 2 fully saturated rings. The molecule has 0 radical (unpaired) electrons. The maximum Gasteiger partial charge on any atom is 0.224 e. The van der Waals surface area contributed by atoms with E-state index in [1.54, 1.807) is 0 Å². The van der Waals surface area contributed by atoms with Gasteiger partial charge in [-0.25, -0.2) is 8.78 Å². The molecule has 1 aromatic carbocycles. The van der Waals surface area contributed by atoms with Crippen LogP contribution < -0.4 is 10.6 Å². The van der Waals surface area contributed by atoms with E-state index in [4.69, 9.17) is 0 Å². The summed E-state index contributed by atoms with van der Waals surface area (Å²) < 4.78 is 26.6. The van der Waals surface area contributed by atoms with Gasteiger partial charge in [-0.05, 0) is 50.3 Å². The zero-order chi connectivity index (χ0) is 15.0. The number of rotatable bonds is 3. The van der Waals surface area contributed by atoms with Crippen molar-refractivity contribution in [3.05, 3.63) is 35.4 Å². The minimum atomic E-state index is -0.583. The zero-order valence-corrected chi connectivity index (χ0v) is 13.3. The maximum absolute atomic E-state index is 13.7. The van der Waals surface area contributed by atoms with Crippen molar-refractivity contribution in [1.82, 2.24) is 10.6 Å². The van der Waals surface area contributed by atoms with E-state index in [0.717, 1.165) is 25.5 Å². The number of hydrogen-bond donors (Lipinski definition) is 2. The molecule has 3 nitrogen and oxygen atoms in total. The molecule has 1 saturated carbocycles. The van der Waals surface area contributed by atoms with Crippen LogP contribution in [0.2, 0.25) is 0 Å². The number of hydrogen-bond acceptors (Lipinski definition) is 2. The zero-order valence-electron chi connectivity index (χ0n) is 12.4. The molecule has 1 saturated heterocycles. The molecular weight excluding hydrogens is 310 g/mol. The summed E-state index contributed by atoms with van der Waals surface area (Å²) in [5, 5.41) is 6.40. The first-order chi connectivity index (χ1) is 10.1. The van der Waals surface area contributed by atoms with Gasteiger partial charge < -0.3 is 10.6 Å². The molecule has 1 heterocycles. The van der Waals surface area contributed by atoms with E-state index in [2.05, 4.69) is 17.6 Å². The first kappa shape index (κ1) is 17.2. The Morgan fingerprint density at radius 3 is 2.82 bits per heavy atom. The van der Waals surface area contributed by atoms with Crippen molar-refractivity contribution in [2.24, 2.45) is 5.92 Å². The van der Waals surface area contributed by atoms with Gasteiger partial charge in [-0.3, -0.25) is 4.79 Å². The largest absolute Gasteiger partial charge is 0.352 e. The topological polar surface area (TPSA) is 41.1 Å². The molecule has 1 aliphatic heterocycles. The first-order valence-electron chi connectivity index (χ1n) is 7.55. The smallest absolute Gasteiger partial charge is 0.224 e. The van der Waals surface area contributed by atoms with Gasteiger partial charge in [0.05, 0.1) is 0 Å². The van der Waals surface area contributed by atoms with Crippen LogP contribution in [0.25, 0.3) is 0 Å². The Morgan fingerprint density at radius 1 is 1.36 bits per heavy atom. The normalized spacial score (nSPS) is 30.3. The molecule has 2 aliphatic rings. The van der Waals surface area contributed by atoms with E-state index in [9.17, 15) is 13.6 Å². The third kappa shape index (κ3) is 3.58. The highest BCUT2D eigenvalue weighted by molar-refractivity contribution is 5.85. The molecule has 122 valence electrons. The lowest BCUT2D eigenvalue weighted by Gasteiger charge is -2.30. The lowest BCUT2D eigenvalue weighted by Crippen LogP contribution is -2.52. The Balaban J connectivity index is 0.00000176. The van der Waals surface area contributed by atoms with E-state index in [1.807, 2.05) is 0 Å². The molecule has 4 unspecified atom stereocenters. The molecular formula is C16H21ClF2N2O. The Kier molecular flexibility index (Phi) is 5.40. The Labute approximate surface area is 135 Å². The third-order valence-corrected chi connectivity index (χ3v) is 4.58. The summed E-state index contributed by atoms with van der Waals surface area (Å²) in [7, 11) is 0. The predicted octanol–water partition coefficient (Wildman–Crippen LogP) is 2.75. The minimum absolute atomic E-state index is 0. The van der Waals surface area contributed by atoms with Crippen LogP contribution in [0, 0.1) is 17.6 Å². The maximum atomic E-state index is 13.7. The average Bonchev–Trinajstić information content (AvgIpc) is 3.21.